The van der Waals surface area contributed by atoms with Crippen molar-refractivity contribution < 1.29 is 18.3 Å². The highest BCUT2D eigenvalue weighted by atomic mass is 35.5. The van der Waals surface area contributed by atoms with Crippen LogP contribution in [0.25, 0.3) is 11.3 Å². The summed E-state index contributed by atoms with van der Waals surface area (Å²) in [6, 6.07) is 35.7. The first kappa shape index (κ1) is 33.3. The number of para-hydroxylation sites is 1. The second-order valence-electron chi connectivity index (χ2n) is 10.6. The molecular weight excluding hydrogens is 640 g/mol. The number of hydrogen-bond acceptors (Lipinski definition) is 5. The number of carbonyl (C=O) groups excluding carboxylic acids is 1. The van der Waals surface area contributed by atoms with E-state index in [9.17, 15) is 9.00 Å². The Morgan fingerprint density at radius 3 is 2.20 bits per heavy atom. The molecule has 0 radical (unpaired) electrons. The van der Waals surface area contributed by atoms with Crippen LogP contribution >= 0.6 is 22.9 Å². The summed E-state index contributed by atoms with van der Waals surface area (Å²) in [6.45, 7) is 1.23. The summed E-state index contributed by atoms with van der Waals surface area (Å²) in [6.07, 6.45) is 1.34. The first-order chi connectivity index (χ1) is 22.4. The number of aromatic nitrogens is 1. The lowest BCUT2D eigenvalue weighted by Crippen LogP contribution is -2.38. The molecular formula is C35H35ClN4O4S2. The molecule has 0 fully saturated rings. The van der Waals surface area contributed by atoms with Gasteiger partial charge in [0.2, 0.25) is 11.3 Å². The molecule has 4 aromatic carbocycles. The van der Waals surface area contributed by atoms with Crippen LogP contribution < -0.4 is 14.8 Å². The molecule has 1 aromatic heterocycles. The Hall–Kier alpha value is -4.06. The average Bonchev–Trinajstić information content (AvgIpc) is 3.45. The maximum atomic E-state index is 13.9. The molecule has 1 atom stereocenters. The molecule has 0 aliphatic rings. The number of nitrogens with zero attached hydrogens (tertiary/aromatic N) is 2. The van der Waals surface area contributed by atoms with Crippen LogP contribution in [0.1, 0.15) is 34.6 Å². The van der Waals surface area contributed by atoms with Gasteiger partial charge < -0.3 is 9.64 Å². The Kier molecular flexibility index (Phi) is 11.9. The summed E-state index contributed by atoms with van der Waals surface area (Å²) in [7, 11) is 1.65. The number of methoxy groups -OCH3 is 1. The van der Waals surface area contributed by atoms with E-state index in [1.54, 1.807) is 7.11 Å². The van der Waals surface area contributed by atoms with Crippen LogP contribution in [0.3, 0.4) is 0 Å². The molecule has 2 amide bonds. The largest absolute Gasteiger partial charge is 0.496 e. The first-order valence-electron chi connectivity index (χ1n) is 14.8. The molecule has 238 valence electrons. The number of ether oxygens (including phenoxy) is 1. The van der Waals surface area contributed by atoms with Gasteiger partial charge in [0.1, 0.15) is 15.8 Å². The Balaban J connectivity index is 1.34. The maximum absolute atomic E-state index is 13.9. The van der Waals surface area contributed by atoms with Crippen LogP contribution in [0.15, 0.2) is 109 Å². The van der Waals surface area contributed by atoms with E-state index in [0.29, 0.717) is 34.7 Å². The minimum Gasteiger partial charge on any atom is -0.496 e. The Morgan fingerprint density at radius 1 is 0.935 bits per heavy atom. The van der Waals surface area contributed by atoms with Crippen molar-refractivity contribution in [2.45, 2.75) is 25.3 Å². The lowest BCUT2D eigenvalue weighted by Gasteiger charge is -2.26. The van der Waals surface area contributed by atoms with E-state index in [1.807, 2.05) is 89.8 Å². The van der Waals surface area contributed by atoms with Gasteiger partial charge in [-0.1, -0.05) is 126 Å². The number of thiazole rings is 1. The van der Waals surface area contributed by atoms with Crippen molar-refractivity contribution >= 4 is 45.4 Å². The number of halogens is 1. The topological polar surface area (TPSA) is 104 Å². The van der Waals surface area contributed by atoms with Crippen molar-refractivity contribution in [1.29, 1.82) is 0 Å². The molecule has 0 bridgehead atoms. The molecule has 0 saturated heterocycles. The fraction of sp³-hybridized carbons (Fsp3) is 0.200. The fourth-order valence-electron chi connectivity index (χ4n) is 5.29. The number of rotatable bonds is 14. The average molecular weight is 675 g/mol. The first-order valence-corrected chi connectivity index (χ1v) is 17.1. The number of benzene rings is 4. The van der Waals surface area contributed by atoms with Crippen molar-refractivity contribution in [1.82, 2.24) is 14.6 Å². The van der Waals surface area contributed by atoms with Crippen molar-refractivity contribution in [3.63, 3.8) is 0 Å². The molecule has 0 aliphatic heterocycles. The van der Waals surface area contributed by atoms with E-state index in [2.05, 4.69) is 39.3 Å². The number of anilines is 1. The molecule has 5 aromatic rings. The predicted octanol–water partition coefficient (Wildman–Crippen LogP) is 8.00. The Bertz CT molecular complexity index is 1700. The monoisotopic (exact) mass is 674 g/mol. The van der Waals surface area contributed by atoms with Crippen molar-refractivity contribution in [2.75, 3.05) is 25.5 Å². The number of carbonyl (C=O) groups is 1. The lowest BCUT2D eigenvalue weighted by molar-refractivity contribution is 0.210. The van der Waals surface area contributed by atoms with Crippen molar-refractivity contribution in [2.24, 2.45) is 0 Å². The highest BCUT2D eigenvalue weighted by Gasteiger charge is 2.21. The number of hydrogen-bond donors (Lipinski definition) is 3. The van der Waals surface area contributed by atoms with Crippen LogP contribution in [0, 0.1) is 0 Å². The van der Waals surface area contributed by atoms with E-state index in [4.69, 9.17) is 20.9 Å². The second-order valence-corrected chi connectivity index (χ2v) is 12.9. The zero-order chi connectivity index (χ0) is 32.3. The van der Waals surface area contributed by atoms with Gasteiger partial charge in [-0.25, -0.2) is 18.7 Å². The molecule has 3 N–H and O–H groups in total. The highest BCUT2D eigenvalue weighted by molar-refractivity contribution is 7.77. The number of nitrogens with one attached hydrogen (secondary N) is 2. The lowest BCUT2D eigenvalue weighted by atomic mass is 9.88. The molecule has 11 heteroatoms. The standard InChI is InChI=1S/C35H35ClN4O4S2/c1-44-31-15-9-8-14-28(31)20-22-40(23-21-30(26-10-4-2-5-11-26)27-12-6-3-7-13-27)35(41)39-34-38-32(33(36)45-34)29-18-16-25(17-19-29)24-37-46(42)43/h2-19,30,37H,20-24H2,1H3,(H,42,43)(H,38,39,41). The summed E-state index contributed by atoms with van der Waals surface area (Å²) in [5.74, 6) is 0.900. The van der Waals surface area contributed by atoms with Crippen molar-refractivity contribution in [3.05, 3.63) is 136 Å². The fourth-order valence-corrected chi connectivity index (χ4v) is 6.66. The van der Waals surface area contributed by atoms with E-state index in [-0.39, 0.29) is 18.5 Å². The summed E-state index contributed by atoms with van der Waals surface area (Å²) < 4.78 is 28.4. The quantitative estimate of drug-likeness (QED) is 0.104. The SMILES string of the molecule is COc1ccccc1CCN(CCC(c1ccccc1)c1ccccc1)C(=O)Nc1nc(-c2ccc(CNS(=O)O)cc2)c(Cl)s1. The smallest absolute Gasteiger partial charge is 0.323 e. The highest BCUT2D eigenvalue weighted by Crippen LogP contribution is 2.36. The van der Waals surface area contributed by atoms with Gasteiger partial charge in [-0.3, -0.25) is 9.87 Å². The third kappa shape index (κ3) is 9.02. The molecule has 1 unspecified atom stereocenters. The molecule has 8 nitrogen and oxygen atoms in total. The summed E-state index contributed by atoms with van der Waals surface area (Å²) in [5.41, 5.74) is 5.58. The van der Waals surface area contributed by atoms with E-state index in [0.717, 1.165) is 28.9 Å². The van der Waals surface area contributed by atoms with E-state index >= 15 is 0 Å². The van der Waals surface area contributed by atoms with Gasteiger partial charge in [0.05, 0.1) is 7.11 Å². The maximum Gasteiger partial charge on any atom is 0.323 e. The number of urea groups is 1. The molecule has 0 aliphatic carbocycles. The predicted molar refractivity (Wildman–Crippen MR) is 187 cm³/mol. The van der Waals surface area contributed by atoms with Gasteiger partial charge in [0, 0.05) is 31.1 Å². The molecule has 46 heavy (non-hydrogen) atoms. The van der Waals surface area contributed by atoms with Gasteiger partial charge >= 0.3 is 6.03 Å². The zero-order valence-electron chi connectivity index (χ0n) is 25.3. The zero-order valence-corrected chi connectivity index (χ0v) is 27.7. The summed E-state index contributed by atoms with van der Waals surface area (Å²) in [5, 5.41) is 3.39. The third-order valence-corrected chi connectivity index (χ3v) is 9.21. The number of amides is 2. The van der Waals surface area contributed by atoms with Gasteiger partial charge in [-0.2, -0.15) is 0 Å². The second kappa shape index (κ2) is 16.5. The molecule has 0 saturated carbocycles. The van der Waals surface area contributed by atoms with Gasteiger partial charge in [0.25, 0.3) is 0 Å². The van der Waals surface area contributed by atoms with Crippen LogP contribution in [0.2, 0.25) is 4.34 Å². The molecule has 1 heterocycles. The van der Waals surface area contributed by atoms with Gasteiger partial charge in [-0.05, 0) is 41.2 Å². The van der Waals surface area contributed by atoms with Gasteiger partial charge in [0.15, 0.2) is 5.13 Å². The summed E-state index contributed by atoms with van der Waals surface area (Å²) >= 11 is 5.70. The van der Waals surface area contributed by atoms with Crippen LogP contribution in [0.4, 0.5) is 9.93 Å². The van der Waals surface area contributed by atoms with E-state index in [1.165, 1.54) is 22.5 Å². The Labute approximate surface area is 280 Å². The summed E-state index contributed by atoms with van der Waals surface area (Å²) in [4.78, 5) is 20.3. The third-order valence-electron chi connectivity index (χ3n) is 7.65. The molecule has 0 spiro atoms. The van der Waals surface area contributed by atoms with E-state index < -0.39 is 11.3 Å². The van der Waals surface area contributed by atoms with Crippen LogP contribution in [-0.2, 0) is 24.2 Å². The van der Waals surface area contributed by atoms with Crippen LogP contribution in [-0.4, -0.2) is 44.9 Å². The minimum atomic E-state index is -2.09. The Morgan fingerprint density at radius 2 is 1.57 bits per heavy atom. The van der Waals surface area contributed by atoms with Crippen LogP contribution in [0.5, 0.6) is 5.75 Å². The van der Waals surface area contributed by atoms with Crippen molar-refractivity contribution in [3.8, 4) is 17.0 Å². The molecule has 5 rings (SSSR count). The minimum absolute atomic E-state index is 0.111. The normalized spacial score (nSPS) is 11.7. The van der Waals surface area contributed by atoms with Gasteiger partial charge in [-0.15, -0.1) is 0 Å².